The van der Waals surface area contributed by atoms with Gasteiger partial charge in [-0.3, -0.25) is 23.9 Å². The lowest BCUT2D eigenvalue weighted by atomic mass is 9.92. The summed E-state index contributed by atoms with van der Waals surface area (Å²) in [4.78, 5) is 76.2. The number of aliphatic hydroxyl groups is 5. The van der Waals surface area contributed by atoms with Gasteiger partial charge in [0.25, 0.3) is 5.56 Å². The van der Waals surface area contributed by atoms with E-state index in [-0.39, 0.29) is 12.1 Å². The van der Waals surface area contributed by atoms with Crippen LogP contribution in [0.15, 0.2) is 27.4 Å². The molecular formula is C23H32N6O14. The predicted molar refractivity (Wildman–Crippen MR) is 138 cm³/mol. The van der Waals surface area contributed by atoms with Crippen molar-refractivity contribution in [1.82, 2.24) is 19.8 Å². The number of carboxylic acids is 1. The zero-order valence-electron chi connectivity index (χ0n) is 22.5. The van der Waals surface area contributed by atoms with Gasteiger partial charge in [-0.1, -0.05) is 6.08 Å². The lowest BCUT2D eigenvalue weighted by Crippen LogP contribution is -2.67. The molecule has 238 valence electrons. The quantitative estimate of drug-likeness (QED) is 0.103. The Morgan fingerprint density at radius 1 is 1.23 bits per heavy atom. The molecule has 1 aromatic heterocycles. The molecule has 3 heterocycles. The number of primary amides is 1. The number of carbonyl (C=O) groups is 4. The van der Waals surface area contributed by atoms with Crippen molar-refractivity contribution in [3.63, 3.8) is 0 Å². The Morgan fingerprint density at radius 2 is 1.88 bits per heavy atom. The number of aliphatic carboxylic acids is 1. The summed E-state index contributed by atoms with van der Waals surface area (Å²) in [6.45, 7) is -0.350. The van der Waals surface area contributed by atoms with Crippen molar-refractivity contribution in [2.45, 2.75) is 68.4 Å². The molecule has 9 atom stereocenters. The van der Waals surface area contributed by atoms with Crippen LogP contribution in [0.2, 0.25) is 0 Å². The molecule has 0 aromatic carbocycles. The lowest BCUT2D eigenvalue weighted by Gasteiger charge is -2.43. The third kappa shape index (κ3) is 6.74. The number of hydrogen-bond donors (Lipinski definition) is 10. The zero-order valence-corrected chi connectivity index (χ0v) is 22.5. The molecule has 0 radical (unpaired) electrons. The van der Waals surface area contributed by atoms with E-state index in [1.54, 1.807) is 0 Å². The molecule has 2 aliphatic heterocycles. The van der Waals surface area contributed by atoms with Gasteiger partial charge >= 0.3 is 17.8 Å². The zero-order chi connectivity index (χ0) is 32.3. The number of nitrogens with two attached hydrogens (primary N) is 2. The largest absolute Gasteiger partial charge is 0.479 e. The number of aromatic nitrogens is 2. The molecule has 43 heavy (non-hydrogen) atoms. The van der Waals surface area contributed by atoms with Gasteiger partial charge in [0.2, 0.25) is 11.8 Å². The minimum atomic E-state index is -2.09. The van der Waals surface area contributed by atoms with Crippen molar-refractivity contribution < 1.29 is 59.3 Å². The molecule has 2 fully saturated rings. The Hall–Kier alpha value is -4.18. The number of amides is 3. The Labute approximate surface area is 240 Å². The fourth-order valence-electron chi connectivity index (χ4n) is 4.60. The van der Waals surface area contributed by atoms with E-state index in [1.165, 1.54) is 13.0 Å². The van der Waals surface area contributed by atoms with E-state index in [1.807, 2.05) is 4.98 Å². The standard InChI is InChI=1S/C23H32N6O14/c1-2-7-3-28(12(7)21(38)39)19(37)11(26-18(36)10(24)13(32)9(31)6-42-22(25)40)16-14(33)15(34)20(43-16)29-4-8(5-30)17(35)27-23(29)41/h2,4,9-16,20,30-34H,3,5-6,24H2,1H3,(H2,25,40)(H,26,36)(H,38,39)(H,27,35,41)/b7-2+/t9-,10-,11+,12+,13+,14-,15+,16+,20+/m0/s1. The highest BCUT2D eigenvalue weighted by Gasteiger charge is 2.54. The summed E-state index contributed by atoms with van der Waals surface area (Å²) in [6.07, 6.45) is -10.7. The SMILES string of the molecule is C/C=C1\CN(C(=O)[C@H](NC(=O)[C@@H](N)[C@H](O)[C@@H](O)COC(N)=O)[C@H]2O[C@@H](n3cc(CO)c(=O)[nH]c3=O)[C@H](O)[C@@H]2O)[C@H]1C(=O)O. The van der Waals surface area contributed by atoms with E-state index in [0.717, 1.165) is 11.1 Å². The summed E-state index contributed by atoms with van der Waals surface area (Å²) in [7, 11) is 0. The highest BCUT2D eigenvalue weighted by atomic mass is 16.6. The first kappa shape index (κ1) is 33.3. The molecule has 12 N–H and O–H groups in total. The molecule has 20 heteroatoms. The first-order valence-corrected chi connectivity index (χ1v) is 12.6. The monoisotopic (exact) mass is 616 g/mol. The van der Waals surface area contributed by atoms with Gasteiger partial charge in [0.15, 0.2) is 12.3 Å². The van der Waals surface area contributed by atoms with Crippen molar-refractivity contribution in [2.75, 3.05) is 13.2 Å². The number of carbonyl (C=O) groups excluding carboxylic acids is 3. The van der Waals surface area contributed by atoms with Crippen LogP contribution in [-0.4, -0.2) is 131 Å². The van der Waals surface area contributed by atoms with E-state index < -0.39 is 103 Å². The van der Waals surface area contributed by atoms with Crippen LogP contribution >= 0.6 is 0 Å². The molecule has 0 saturated carbocycles. The second kappa shape index (κ2) is 13.4. The van der Waals surface area contributed by atoms with Crippen molar-refractivity contribution in [2.24, 2.45) is 11.5 Å². The van der Waals surface area contributed by atoms with Gasteiger partial charge in [0.1, 0.15) is 49.2 Å². The van der Waals surface area contributed by atoms with E-state index in [4.69, 9.17) is 16.2 Å². The Balaban J connectivity index is 1.95. The molecule has 20 nitrogen and oxygen atoms in total. The number of hydrogen-bond acceptors (Lipinski definition) is 14. The number of carboxylic acid groups (broad SMARTS) is 1. The number of likely N-dealkylation sites (tertiary alicyclic amines) is 1. The molecule has 0 aliphatic carbocycles. The van der Waals surface area contributed by atoms with Crippen molar-refractivity contribution >= 4 is 23.9 Å². The smallest absolute Gasteiger partial charge is 0.404 e. The minimum absolute atomic E-state index is 0.204. The summed E-state index contributed by atoms with van der Waals surface area (Å²) in [5.41, 5.74) is 8.46. The van der Waals surface area contributed by atoms with Crippen LogP contribution in [0, 0.1) is 0 Å². The molecule has 3 rings (SSSR count). The maximum atomic E-state index is 13.6. The number of rotatable bonds is 11. The minimum Gasteiger partial charge on any atom is -0.479 e. The van der Waals surface area contributed by atoms with Gasteiger partial charge in [0.05, 0.1) is 12.2 Å². The van der Waals surface area contributed by atoms with Crippen molar-refractivity contribution in [3.8, 4) is 0 Å². The topological polar surface area (TPSA) is 330 Å². The number of nitrogens with zero attached hydrogens (tertiary/aromatic N) is 2. The Bertz CT molecular complexity index is 1390. The maximum Gasteiger partial charge on any atom is 0.404 e. The van der Waals surface area contributed by atoms with Crippen molar-refractivity contribution in [1.29, 1.82) is 0 Å². The summed E-state index contributed by atoms with van der Waals surface area (Å²) in [5.74, 6) is -3.89. The fraction of sp³-hybridized carbons (Fsp3) is 0.565. The second-order valence-corrected chi connectivity index (χ2v) is 9.72. The van der Waals surface area contributed by atoms with Crippen molar-refractivity contribution in [3.05, 3.63) is 44.2 Å². The molecule has 2 aliphatic rings. The summed E-state index contributed by atoms with van der Waals surface area (Å²) in [6, 6.07) is -5.47. The number of aliphatic hydroxyl groups excluding tert-OH is 5. The average Bonchev–Trinajstić information content (AvgIpc) is 3.22. The van der Waals surface area contributed by atoms with Gasteiger partial charge in [-0.05, 0) is 12.5 Å². The normalized spacial score (nSPS) is 27.1. The van der Waals surface area contributed by atoms with E-state index in [9.17, 15) is 59.4 Å². The lowest BCUT2D eigenvalue weighted by molar-refractivity contribution is -0.157. The third-order valence-corrected chi connectivity index (χ3v) is 7.02. The molecule has 0 spiro atoms. The fourth-order valence-corrected chi connectivity index (χ4v) is 4.60. The Kier molecular flexibility index (Phi) is 10.4. The summed E-state index contributed by atoms with van der Waals surface area (Å²) in [5, 5.41) is 63.0. The van der Waals surface area contributed by atoms with Crippen LogP contribution in [0.25, 0.3) is 0 Å². The predicted octanol–water partition coefficient (Wildman–Crippen LogP) is -6.48. The maximum absolute atomic E-state index is 13.6. The van der Waals surface area contributed by atoms with Crippen LogP contribution in [0.4, 0.5) is 4.79 Å². The molecular weight excluding hydrogens is 584 g/mol. The first-order valence-electron chi connectivity index (χ1n) is 12.6. The molecule has 0 unspecified atom stereocenters. The number of nitrogens with one attached hydrogen (secondary N) is 2. The third-order valence-electron chi connectivity index (χ3n) is 7.02. The van der Waals surface area contributed by atoms with Crippen LogP contribution < -0.4 is 28.0 Å². The highest BCUT2D eigenvalue weighted by molar-refractivity contribution is 5.95. The molecule has 3 amide bonds. The summed E-state index contributed by atoms with van der Waals surface area (Å²) < 4.78 is 10.6. The van der Waals surface area contributed by atoms with Gasteiger partial charge in [-0.25, -0.2) is 14.4 Å². The molecule has 2 saturated heterocycles. The van der Waals surface area contributed by atoms with E-state index >= 15 is 0 Å². The van der Waals surface area contributed by atoms with E-state index in [0.29, 0.717) is 10.1 Å². The highest BCUT2D eigenvalue weighted by Crippen LogP contribution is 2.33. The number of aromatic amines is 1. The van der Waals surface area contributed by atoms with Crippen LogP contribution in [0.5, 0.6) is 0 Å². The first-order chi connectivity index (χ1) is 20.1. The molecule has 1 aromatic rings. The summed E-state index contributed by atoms with van der Waals surface area (Å²) >= 11 is 0. The van der Waals surface area contributed by atoms with Crippen LogP contribution in [0.1, 0.15) is 18.7 Å². The van der Waals surface area contributed by atoms with Gasteiger partial charge in [0, 0.05) is 12.7 Å². The molecule has 0 bridgehead atoms. The van der Waals surface area contributed by atoms with E-state index in [2.05, 4.69) is 10.1 Å². The van der Waals surface area contributed by atoms with Crippen LogP contribution in [0.3, 0.4) is 0 Å². The van der Waals surface area contributed by atoms with Crippen LogP contribution in [-0.2, 0) is 30.5 Å². The van der Waals surface area contributed by atoms with Gasteiger partial charge < -0.3 is 61.8 Å². The number of allylic oxidation sites excluding steroid dienone is 1. The average molecular weight is 617 g/mol. The van der Waals surface area contributed by atoms with Gasteiger partial charge in [-0.15, -0.1) is 0 Å². The number of ether oxygens (including phenoxy) is 2. The second-order valence-electron chi connectivity index (χ2n) is 9.72. The van der Waals surface area contributed by atoms with Gasteiger partial charge in [-0.2, -0.15) is 0 Å². The number of H-pyrrole nitrogens is 1. The Morgan fingerprint density at radius 3 is 2.44 bits per heavy atom.